The third-order valence-electron chi connectivity index (χ3n) is 3.99. The molecule has 0 aliphatic carbocycles. The lowest BCUT2D eigenvalue weighted by molar-refractivity contribution is 1.00. The van der Waals surface area contributed by atoms with Gasteiger partial charge in [0.25, 0.3) is 0 Å². The number of anilines is 3. The fraction of sp³-hybridized carbons (Fsp3) is 0.0556. The zero-order valence-electron chi connectivity index (χ0n) is 13.4. The average molecular weight is 351 g/mol. The molecule has 4 rings (SSSR count). The van der Waals surface area contributed by atoms with Gasteiger partial charge in [-0.05, 0) is 42.8 Å². The molecular formula is C18H15ClN6. The minimum Gasteiger partial charge on any atom is -0.393 e. The van der Waals surface area contributed by atoms with E-state index in [0.29, 0.717) is 22.3 Å². The highest BCUT2D eigenvalue weighted by atomic mass is 35.5. The van der Waals surface area contributed by atoms with E-state index in [-0.39, 0.29) is 0 Å². The smallest absolute Gasteiger partial charge is 0.167 e. The summed E-state index contributed by atoms with van der Waals surface area (Å²) in [6.45, 7) is 1.97. The number of rotatable bonds is 3. The van der Waals surface area contributed by atoms with Crippen LogP contribution in [0.25, 0.3) is 16.9 Å². The number of hydrogen-bond acceptors (Lipinski definition) is 5. The average Bonchev–Trinajstić information content (AvgIpc) is 3.03. The number of imidazole rings is 1. The highest BCUT2D eigenvalue weighted by Gasteiger charge is 2.13. The van der Waals surface area contributed by atoms with Gasteiger partial charge < -0.3 is 11.1 Å². The molecule has 0 amide bonds. The molecule has 0 fully saturated rings. The summed E-state index contributed by atoms with van der Waals surface area (Å²) in [4.78, 5) is 13.0. The normalized spacial score (nSPS) is 11.0. The Morgan fingerprint density at radius 3 is 2.76 bits per heavy atom. The fourth-order valence-electron chi connectivity index (χ4n) is 2.70. The summed E-state index contributed by atoms with van der Waals surface area (Å²) in [5.41, 5.74) is 10.5. The van der Waals surface area contributed by atoms with Gasteiger partial charge in [-0.2, -0.15) is 0 Å². The van der Waals surface area contributed by atoms with E-state index in [0.717, 1.165) is 22.3 Å². The fourth-order valence-corrected chi connectivity index (χ4v) is 2.93. The lowest BCUT2D eigenvalue weighted by Crippen LogP contribution is -2.07. The molecule has 3 N–H and O–H groups in total. The van der Waals surface area contributed by atoms with E-state index in [1.54, 1.807) is 6.33 Å². The maximum atomic E-state index is 6.33. The molecule has 0 radical (unpaired) electrons. The van der Waals surface area contributed by atoms with E-state index in [1.807, 2.05) is 54.0 Å². The number of nitrogen functional groups attached to an aromatic ring is 1. The molecule has 0 bridgehead atoms. The molecule has 7 heteroatoms. The number of benzene rings is 2. The number of fused-ring (bicyclic) bond motifs is 1. The number of hydrogen-bond donors (Lipinski definition) is 2. The number of nitrogens with zero attached hydrogens (tertiary/aromatic N) is 4. The van der Waals surface area contributed by atoms with Crippen molar-refractivity contribution in [1.29, 1.82) is 0 Å². The van der Waals surface area contributed by atoms with Crippen LogP contribution in [0.2, 0.25) is 5.02 Å². The Hall–Kier alpha value is -3.12. The molecule has 25 heavy (non-hydrogen) atoms. The Morgan fingerprint density at radius 1 is 1.08 bits per heavy atom. The van der Waals surface area contributed by atoms with Gasteiger partial charge in [0, 0.05) is 10.7 Å². The number of nitrogens with two attached hydrogens (primary N) is 1. The van der Waals surface area contributed by atoms with Crippen LogP contribution in [0.1, 0.15) is 5.56 Å². The van der Waals surface area contributed by atoms with Crippen LogP contribution < -0.4 is 11.1 Å². The molecule has 0 aliphatic heterocycles. The van der Waals surface area contributed by atoms with E-state index in [4.69, 9.17) is 17.3 Å². The van der Waals surface area contributed by atoms with E-state index in [1.165, 1.54) is 6.33 Å². The Morgan fingerprint density at radius 2 is 1.92 bits per heavy atom. The second kappa shape index (κ2) is 6.07. The zero-order chi connectivity index (χ0) is 17.4. The third kappa shape index (κ3) is 2.77. The molecule has 124 valence electrons. The first kappa shape index (κ1) is 15.4. The zero-order valence-corrected chi connectivity index (χ0v) is 14.2. The van der Waals surface area contributed by atoms with Crippen molar-refractivity contribution in [2.45, 2.75) is 6.92 Å². The van der Waals surface area contributed by atoms with Crippen LogP contribution in [0, 0.1) is 6.92 Å². The molecule has 2 aromatic carbocycles. The van der Waals surface area contributed by atoms with Crippen LogP contribution in [0.3, 0.4) is 0 Å². The summed E-state index contributed by atoms with van der Waals surface area (Å²) in [5, 5.41) is 3.93. The molecule has 0 aliphatic rings. The number of aromatic nitrogens is 4. The van der Waals surface area contributed by atoms with Crippen molar-refractivity contribution < 1.29 is 0 Å². The van der Waals surface area contributed by atoms with Crippen molar-refractivity contribution in [3.8, 4) is 5.82 Å². The van der Waals surface area contributed by atoms with Crippen LogP contribution >= 0.6 is 11.6 Å². The summed E-state index contributed by atoms with van der Waals surface area (Å²) in [7, 11) is 0. The van der Waals surface area contributed by atoms with Gasteiger partial charge >= 0.3 is 0 Å². The van der Waals surface area contributed by atoms with Gasteiger partial charge in [0.15, 0.2) is 11.6 Å². The van der Waals surface area contributed by atoms with Crippen molar-refractivity contribution in [1.82, 2.24) is 19.5 Å². The standard InChI is InChI=1S/C18H15ClN6/c1-11-8-12(19)6-7-13(11)24-17-16(20)18(22-9-21-17)25-10-23-14-4-2-3-5-15(14)25/h2-10H,20H2,1H3,(H,21,22,24). The molecule has 0 saturated carbocycles. The van der Waals surface area contributed by atoms with E-state index in [2.05, 4.69) is 20.3 Å². The highest BCUT2D eigenvalue weighted by molar-refractivity contribution is 6.30. The maximum Gasteiger partial charge on any atom is 0.167 e. The summed E-state index contributed by atoms with van der Waals surface area (Å²) in [6.07, 6.45) is 3.19. The quantitative estimate of drug-likeness (QED) is 0.581. The first-order valence-corrected chi connectivity index (χ1v) is 8.07. The summed E-state index contributed by atoms with van der Waals surface area (Å²) < 4.78 is 1.85. The molecule has 2 aromatic heterocycles. The molecule has 4 aromatic rings. The van der Waals surface area contributed by atoms with Gasteiger partial charge in [0.1, 0.15) is 18.3 Å². The van der Waals surface area contributed by atoms with Gasteiger partial charge in [-0.15, -0.1) is 0 Å². The number of nitrogens with one attached hydrogen (secondary N) is 1. The topological polar surface area (TPSA) is 81.7 Å². The van der Waals surface area contributed by atoms with Gasteiger partial charge in [-0.3, -0.25) is 4.57 Å². The molecule has 0 unspecified atom stereocenters. The van der Waals surface area contributed by atoms with E-state index in [9.17, 15) is 0 Å². The summed E-state index contributed by atoms with van der Waals surface area (Å²) >= 11 is 6.01. The molecule has 0 atom stereocenters. The lowest BCUT2D eigenvalue weighted by atomic mass is 10.2. The van der Waals surface area contributed by atoms with Gasteiger partial charge in [0.2, 0.25) is 0 Å². The van der Waals surface area contributed by atoms with Crippen molar-refractivity contribution in [3.05, 3.63) is 65.7 Å². The number of aryl methyl sites for hydroxylation is 1. The molecular weight excluding hydrogens is 336 g/mol. The first-order chi connectivity index (χ1) is 12.1. The number of halogens is 1. The Kier molecular flexibility index (Phi) is 3.74. The van der Waals surface area contributed by atoms with E-state index < -0.39 is 0 Å². The second-order valence-corrected chi connectivity index (χ2v) is 6.08. The van der Waals surface area contributed by atoms with Crippen molar-refractivity contribution in [3.63, 3.8) is 0 Å². The maximum absolute atomic E-state index is 6.33. The second-order valence-electron chi connectivity index (χ2n) is 5.65. The summed E-state index contributed by atoms with van der Waals surface area (Å²) in [5.74, 6) is 1.12. The van der Waals surface area contributed by atoms with Crippen LogP contribution in [0.5, 0.6) is 0 Å². The van der Waals surface area contributed by atoms with Crippen LogP contribution in [-0.2, 0) is 0 Å². The van der Waals surface area contributed by atoms with Gasteiger partial charge in [0.05, 0.1) is 11.0 Å². The first-order valence-electron chi connectivity index (χ1n) is 7.69. The van der Waals surface area contributed by atoms with Crippen molar-refractivity contribution in [2.24, 2.45) is 0 Å². The predicted molar refractivity (Wildman–Crippen MR) is 101 cm³/mol. The largest absolute Gasteiger partial charge is 0.393 e. The summed E-state index contributed by atoms with van der Waals surface area (Å²) in [6, 6.07) is 13.4. The molecule has 0 saturated heterocycles. The van der Waals surface area contributed by atoms with Crippen LogP contribution in [0.4, 0.5) is 17.2 Å². The Bertz CT molecular complexity index is 1070. The minimum absolute atomic E-state index is 0.444. The SMILES string of the molecule is Cc1cc(Cl)ccc1Nc1ncnc(-n2cnc3ccccc32)c1N. The Balaban J connectivity index is 1.78. The third-order valence-corrected chi connectivity index (χ3v) is 4.22. The van der Waals surface area contributed by atoms with Gasteiger partial charge in [-0.1, -0.05) is 23.7 Å². The van der Waals surface area contributed by atoms with E-state index >= 15 is 0 Å². The molecule has 0 spiro atoms. The Labute approximate surface area is 149 Å². The lowest BCUT2D eigenvalue weighted by Gasteiger charge is -2.13. The number of para-hydroxylation sites is 2. The predicted octanol–water partition coefficient (Wildman–Crippen LogP) is 4.10. The van der Waals surface area contributed by atoms with Crippen LogP contribution in [-0.4, -0.2) is 19.5 Å². The van der Waals surface area contributed by atoms with Gasteiger partial charge in [-0.25, -0.2) is 15.0 Å². The highest BCUT2D eigenvalue weighted by Crippen LogP contribution is 2.29. The monoisotopic (exact) mass is 350 g/mol. The van der Waals surface area contributed by atoms with Crippen molar-refractivity contribution >= 4 is 39.8 Å². The van der Waals surface area contributed by atoms with Crippen molar-refractivity contribution in [2.75, 3.05) is 11.1 Å². The molecule has 6 nitrogen and oxygen atoms in total. The minimum atomic E-state index is 0.444. The molecule has 2 heterocycles. The van der Waals surface area contributed by atoms with Crippen LogP contribution in [0.15, 0.2) is 55.1 Å².